The number of rotatable bonds is 6. The number of ether oxygens (including phenoxy) is 2. The molecule has 2 aromatic rings. The fraction of sp³-hybridized carbons (Fsp3) is 0.235. The number of nitrogens with one attached hydrogen (secondary N) is 1. The van der Waals surface area contributed by atoms with Gasteiger partial charge in [-0.15, -0.1) is 13.2 Å². The van der Waals surface area contributed by atoms with E-state index in [-0.39, 0.29) is 23.9 Å². The van der Waals surface area contributed by atoms with Crippen molar-refractivity contribution in [1.82, 2.24) is 0 Å². The first-order valence-electron chi connectivity index (χ1n) is 7.60. The second-order valence-corrected chi connectivity index (χ2v) is 5.36. The molecule has 5 nitrogen and oxygen atoms in total. The molecule has 0 bridgehead atoms. The summed E-state index contributed by atoms with van der Waals surface area (Å²) in [5.41, 5.74) is 6.77. The fourth-order valence-corrected chi connectivity index (χ4v) is 2.17. The number of nitrogens with two attached hydrogens (primary N) is 1. The summed E-state index contributed by atoms with van der Waals surface area (Å²) in [6, 6.07) is 9.84. The Hall–Kier alpha value is -3.04. The zero-order chi connectivity index (χ0) is 20.0. The van der Waals surface area contributed by atoms with E-state index in [0.717, 1.165) is 11.6 Å². The number of nitrogens with zero attached hydrogens (tertiary/aromatic N) is 1. The Balaban J connectivity index is 2.15. The van der Waals surface area contributed by atoms with Gasteiger partial charge in [0, 0.05) is 5.56 Å². The fourth-order valence-electron chi connectivity index (χ4n) is 2.17. The predicted octanol–water partition coefficient (Wildman–Crippen LogP) is 4.42. The van der Waals surface area contributed by atoms with Crippen molar-refractivity contribution in [3.8, 4) is 11.5 Å². The van der Waals surface area contributed by atoms with Crippen LogP contribution < -0.4 is 20.5 Å². The highest BCUT2D eigenvalue weighted by Gasteiger charge is 2.32. The molecule has 2 aromatic carbocycles. The number of para-hydroxylation sites is 2. The predicted molar refractivity (Wildman–Crippen MR) is 89.9 cm³/mol. The van der Waals surface area contributed by atoms with Crippen LogP contribution in [0.25, 0.3) is 0 Å². The summed E-state index contributed by atoms with van der Waals surface area (Å²) in [6.45, 7) is -1.37. The number of aryl methyl sites for hydroxylation is 1. The SMILES string of the molecule is Cc1ccc(OC(F)F)c(CN=C(N)Nc2ccccc2OC(F)(F)F)c1. The third-order valence-electron chi connectivity index (χ3n) is 3.23. The molecule has 3 N–H and O–H groups in total. The zero-order valence-electron chi connectivity index (χ0n) is 14.1. The molecule has 10 heteroatoms. The molecule has 27 heavy (non-hydrogen) atoms. The number of hydrogen-bond acceptors (Lipinski definition) is 3. The molecule has 0 spiro atoms. The minimum atomic E-state index is -4.87. The van der Waals surface area contributed by atoms with Gasteiger partial charge in [-0.05, 0) is 25.1 Å². The first kappa shape index (κ1) is 20.3. The van der Waals surface area contributed by atoms with Crippen molar-refractivity contribution in [2.45, 2.75) is 26.4 Å². The van der Waals surface area contributed by atoms with E-state index in [1.807, 2.05) is 0 Å². The van der Waals surface area contributed by atoms with Gasteiger partial charge in [0.15, 0.2) is 11.7 Å². The quantitative estimate of drug-likeness (QED) is 0.436. The standard InChI is InChI=1S/C17H16F5N3O2/c1-10-6-7-13(26-15(18)19)11(8-10)9-24-16(23)25-12-4-2-3-5-14(12)27-17(20,21)22/h2-8,15H,9H2,1H3,(H3,23,24,25). The maximum absolute atomic E-state index is 12.5. The Morgan fingerprint density at radius 1 is 1.15 bits per heavy atom. The molecule has 0 atom stereocenters. The van der Waals surface area contributed by atoms with Crippen molar-refractivity contribution < 1.29 is 31.4 Å². The smallest absolute Gasteiger partial charge is 0.434 e. The second-order valence-electron chi connectivity index (χ2n) is 5.36. The van der Waals surface area contributed by atoms with Gasteiger partial charge in [0.25, 0.3) is 0 Å². The Kier molecular flexibility index (Phi) is 6.43. The summed E-state index contributed by atoms with van der Waals surface area (Å²) in [5, 5.41) is 2.49. The Morgan fingerprint density at radius 2 is 1.85 bits per heavy atom. The second kappa shape index (κ2) is 8.56. The zero-order valence-corrected chi connectivity index (χ0v) is 14.1. The lowest BCUT2D eigenvalue weighted by Crippen LogP contribution is -2.24. The van der Waals surface area contributed by atoms with E-state index in [2.05, 4.69) is 19.8 Å². The summed E-state index contributed by atoms with van der Waals surface area (Å²) < 4.78 is 70.5. The molecule has 0 saturated heterocycles. The Morgan fingerprint density at radius 3 is 2.52 bits per heavy atom. The minimum absolute atomic E-state index is 0.0515. The first-order valence-corrected chi connectivity index (χ1v) is 7.60. The van der Waals surface area contributed by atoms with Crippen LogP contribution in [0.1, 0.15) is 11.1 Å². The molecule has 0 aliphatic rings. The highest BCUT2D eigenvalue weighted by Crippen LogP contribution is 2.30. The summed E-state index contributed by atoms with van der Waals surface area (Å²) in [7, 11) is 0. The van der Waals surface area contributed by atoms with Gasteiger partial charge >= 0.3 is 13.0 Å². The first-order chi connectivity index (χ1) is 12.6. The third kappa shape index (κ3) is 6.65. The molecule has 0 aromatic heterocycles. The molecular weight excluding hydrogens is 373 g/mol. The van der Waals surface area contributed by atoms with Gasteiger partial charge in [0.1, 0.15) is 5.75 Å². The lowest BCUT2D eigenvalue weighted by molar-refractivity contribution is -0.274. The number of hydrogen-bond donors (Lipinski definition) is 2. The van der Waals surface area contributed by atoms with Crippen molar-refractivity contribution in [3.63, 3.8) is 0 Å². The van der Waals surface area contributed by atoms with Crippen molar-refractivity contribution in [1.29, 1.82) is 0 Å². The van der Waals surface area contributed by atoms with E-state index >= 15 is 0 Å². The summed E-state index contributed by atoms with van der Waals surface area (Å²) in [5.74, 6) is -0.772. The lowest BCUT2D eigenvalue weighted by Gasteiger charge is -2.14. The van der Waals surface area contributed by atoms with Gasteiger partial charge in [-0.2, -0.15) is 8.78 Å². The minimum Gasteiger partial charge on any atom is -0.434 e. The molecule has 146 valence electrons. The van der Waals surface area contributed by atoms with E-state index in [1.54, 1.807) is 19.1 Å². The molecule has 0 amide bonds. The van der Waals surface area contributed by atoms with Crippen LogP contribution in [-0.2, 0) is 6.54 Å². The molecule has 2 rings (SSSR count). The van der Waals surface area contributed by atoms with Crippen LogP contribution in [0.2, 0.25) is 0 Å². The molecule has 0 aliphatic carbocycles. The van der Waals surface area contributed by atoms with Crippen LogP contribution in [0.5, 0.6) is 11.5 Å². The average Bonchev–Trinajstić information content (AvgIpc) is 2.55. The van der Waals surface area contributed by atoms with E-state index in [4.69, 9.17) is 5.73 Å². The van der Waals surface area contributed by atoms with Crippen LogP contribution in [0, 0.1) is 6.92 Å². The van der Waals surface area contributed by atoms with E-state index in [9.17, 15) is 22.0 Å². The highest BCUT2D eigenvalue weighted by atomic mass is 19.4. The van der Waals surface area contributed by atoms with Crippen molar-refractivity contribution in [2.75, 3.05) is 5.32 Å². The van der Waals surface area contributed by atoms with Crippen LogP contribution in [0.4, 0.5) is 27.6 Å². The van der Waals surface area contributed by atoms with Crippen LogP contribution in [-0.4, -0.2) is 18.9 Å². The Labute approximate surface area is 151 Å². The van der Waals surface area contributed by atoms with E-state index in [0.29, 0.717) is 5.56 Å². The number of halogens is 5. The molecule has 0 aliphatic heterocycles. The van der Waals surface area contributed by atoms with Gasteiger partial charge in [-0.3, -0.25) is 0 Å². The van der Waals surface area contributed by atoms with Crippen molar-refractivity contribution in [2.24, 2.45) is 10.7 Å². The van der Waals surface area contributed by atoms with Gasteiger partial charge < -0.3 is 20.5 Å². The van der Waals surface area contributed by atoms with Crippen LogP contribution in [0.15, 0.2) is 47.5 Å². The number of guanidine groups is 1. The van der Waals surface area contributed by atoms with Gasteiger partial charge in [-0.25, -0.2) is 4.99 Å². The van der Waals surface area contributed by atoms with Crippen molar-refractivity contribution >= 4 is 11.6 Å². The number of anilines is 1. The third-order valence-corrected chi connectivity index (χ3v) is 3.23. The molecule has 0 unspecified atom stereocenters. The molecule has 0 radical (unpaired) electrons. The van der Waals surface area contributed by atoms with Gasteiger partial charge in [0.2, 0.25) is 0 Å². The maximum atomic E-state index is 12.5. The monoisotopic (exact) mass is 389 g/mol. The van der Waals surface area contributed by atoms with Crippen molar-refractivity contribution in [3.05, 3.63) is 53.6 Å². The Bertz CT molecular complexity index is 809. The average molecular weight is 389 g/mol. The molecule has 0 heterocycles. The molecule has 0 saturated carbocycles. The lowest BCUT2D eigenvalue weighted by atomic mass is 10.1. The summed E-state index contributed by atoms with van der Waals surface area (Å²) >= 11 is 0. The van der Waals surface area contributed by atoms with Gasteiger partial charge in [-0.1, -0.05) is 29.8 Å². The highest BCUT2D eigenvalue weighted by molar-refractivity contribution is 5.93. The van der Waals surface area contributed by atoms with Gasteiger partial charge in [0.05, 0.1) is 12.2 Å². The van der Waals surface area contributed by atoms with Crippen LogP contribution in [0.3, 0.4) is 0 Å². The van der Waals surface area contributed by atoms with E-state index in [1.165, 1.54) is 24.3 Å². The topological polar surface area (TPSA) is 68.9 Å². The number of alkyl halides is 5. The molecular formula is C17H16F5N3O2. The molecule has 0 fully saturated rings. The normalized spacial score (nSPS) is 12.2. The summed E-state index contributed by atoms with van der Waals surface area (Å²) in [4.78, 5) is 3.96. The number of benzene rings is 2. The summed E-state index contributed by atoms with van der Waals surface area (Å²) in [6.07, 6.45) is -4.87. The van der Waals surface area contributed by atoms with Crippen LogP contribution >= 0.6 is 0 Å². The number of aliphatic imine (C=N–C) groups is 1. The largest absolute Gasteiger partial charge is 0.573 e. The van der Waals surface area contributed by atoms with E-state index < -0.39 is 18.7 Å². The maximum Gasteiger partial charge on any atom is 0.573 e.